The molecule has 5 nitrogen and oxygen atoms in total. The van der Waals surface area contributed by atoms with E-state index in [1.807, 2.05) is 25.1 Å². The maximum atomic E-state index is 13.2. The second kappa shape index (κ2) is 8.52. The number of nitrogens with one attached hydrogen (secondary N) is 2. The lowest BCUT2D eigenvalue weighted by atomic mass is 9.90. The summed E-state index contributed by atoms with van der Waals surface area (Å²) in [5, 5.41) is 7.08. The Balaban J connectivity index is 1.79. The number of pyridine rings is 1. The van der Waals surface area contributed by atoms with Gasteiger partial charge in [-0.2, -0.15) is 0 Å². The van der Waals surface area contributed by atoms with Crippen molar-refractivity contribution in [1.82, 2.24) is 15.6 Å². The van der Waals surface area contributed by atoms with Gasteiger partial charge < -0.3 is 15.4 Å². The van der Waals surface area contributed by atoms with Crippen LogP contribution in [0.2, 0.25) is 5.02 Å². The first kappa shape index (κ1) is 18.7. The minimum absolute atomic E-state index is 0.0912. The van der Waals surface area contributed by atoms with E-state index in [4.69, 9.17) is 16.3 Å². The van der Waals surface area contributed by atoms with Gasteiger partial charge in [-0.1, -0.05) is 24.6 Å². The van der Waals surface area contributed by atoms with E-state index in [9.17, 15) is 4.79 Å². The fourth-order valence-corrected chi connectivity index (χ4v) is 3.32. The van der Waals surface area contributed by atoms with Crippen LogP contribution >= 0.6 is 11.6 Å². The van der Waals surface area contributed by atoms with Crippen molar-refractivity contribution in [3.8, 4) is 5.75 Å². The highest BCUT2D eigenvalue weighted by Crippen LogP contribution is 2.29. The van der Waals surface area contributed by atoms with E-state index >= 15 is 0 Å². The van der Waals surface area contributed by atoms with Gasteiger partial charge in [0.2, 0.25) is 0 Å². The third-order valence-electron chi connectivity index (χ3n) is 4.71. The third-order valence-corrected chi connectivity index (χ3v) is 4.96. The van der Waals surface area contributed by atoms with Gasteiger partial charge in [-0.15, -0.1) is 0 Å². The minimum atomic E-state index is -0.888. The Morgan fingerprint density at radius 1 is 1.27 bits per heavy atom. The van der Waals surface area contributed by atoms with Crippen LogP contribution in [0.5, 0.6) is 5.75 Å². The van der Waals surface area contributed by atoms with Gasteiger partial charge in [0.05, 0.1) is 11.7 Å². The number of aromatic nitrogens is 1. The molecule has 0 bridgehead atoms. The number of hydrogen-bond acceptors (Lipinski definition) is 4. The summed E-state index contributed by atoms with van der Waals surface area (Å²) in [5.74, 6) is 0.559. The highest BCUT2D eigenvalue weighted by atomic mass is 35.5. The Morgan fingerprint density at radius 2 is 2.00 bits per heavy atom. The SMILES string of the molecule is CCC(NC(=O)C1(Oc2ccc(Cl)cc2)CCNCC1)c1ccccn1. The molecule has 1 atom stereocenters. The zero-order chi connectivity index (χ0) is 18.4. The molecule has 6 heteroatoms. The Bertz CT molecular complexity index is 716. The molecule has 2 aromatic rings. The molecule has 1 aromatic heterocycles. The fraction of sp³-hybridized carbons (Fsp3) is 0.400. The Labute approximate surface area is 159 Å². The van der Waals surface area contributed by atoms with Gasteiger partial charge in [0.15, 0.2) is 5.60 Å². The lowest BCUT2D eigenvalue weighted by molar-refractivity contribution is -0.140. The molecule has 0 saturated carbocycles. The zero-order valence-electron chi connectivity index (χ0n) is 14.9. The van der Waals surface area contributed by atoms with Gasteiger partial charge in [0.25, 0.3) is 5.91 Å². The molecule has 1 fully saturated rings. The van der Waals surface area contributed by atoms with Crippen LogP contribution in [0.15, 0.2) is 48.7 Å². The number of hydrogen-bond donors (Lipinski definition) is 2. The first-order chi connectivity index (χ1) is 12.6. The van der Waals surface area contributed by atoms with Gasteiger partial charge in [0, 0.05) is 24.1 Å². The van der Waals surface area contributed by atoms with Gasteiger partial charge >= 0.3 is 0 Å². The number of benzene rings is 1. The molecule has 2 N–H and O–H groups in total. The highest BCUT2D eigenvalue weighted by Gasteiger charge is 2.42. The van der Waals surface area contributed by atoms with Gasteiger partial charge in [-0.25, -0.2) is 0 Å². The van der Waals surface area contributed by atoms with Gasteiger partial charge in [-0.3, -0.25) is 9.78 Å². The lowest BCUT2D eigenvalue weighted by Gasteiger charge is -2.37. The van der Waals surface area contributed by atoms with Crippen LogP contribution < -0.4 is 15.4 Å². The predicted octanol–water partition coefficient (Wildman–Crippen LogP) is 3.50. The quantitative estimate of drug-likeness (QED) is 0.813. The second-order valence-corrected chi connectivity index (χ2v) is 6.93. The average molecular weight is 374 g/mol. The summed E-state index contributed by atoms with van der Waals surface area (Å²) in [4.78, 5) is 17.6. The molecule has 26 heavy (non-hydrogen) atoms. The van der Waals surface area contributed by atoms with Crippen LogP contribution in [0.3, 0.4) is 0 Å². The van der Waals surface area contributed by atoms with Crippen molar-refractivity contribution in [3.05, 3.63) is 59.4 Å². The lowest BCUT2D eigenvalue weighted by Crippen LogP contribution is -2.57. The van der Waals surface area contributed by atoms with Crippen LogP contribution in [0.4, 0.5) is 0 Å². The summed E-state index contributed by atoms with van der Waals surface area (Å²) in [6.45, 7) is 3.51. The van der Waals surface area contributed by atoms with Crippen LogP contribution in [-0.2, 0) is 4.79 Å². The molecule has 2 heterocycles. The molecule has 3 rings (SSSR count). The molecular formula is C20H24ClN3O2. The number of nitrogens with zero attached hydrogens (tertiary/aromatic N) is 1. The van der Waals surface area contributed by atoms with Crippen molar-refractivity contribution in [1.29, 1.82) is 0 Å². The zero-order valence-corrected chi connectivity index (χ0v) is 15.6. The van der Waals surface area contributed by atoms with Crippen LogP contribution in [0.1, 0.15) is 37.9 Å². The number of piperidine rings is 1. The van der Waals surface area contributed by atoms with Crippen LogP contribution in [0.25, 0.3) is 0 Å². The summed E-state index contributed by atoms with van der Waals surface area (Å²) in [7, 11) is 0. The second-order valence-electron chi connectivity index (χ2n) is 6.49. The number of carbonyl (C=O) groups excluding carboxylic acids is 1. The van der Waals surface area contributed by atoms with E-state index in [1.54, 1.807) is 30.5 Å². The maximum Gasteiger partial charge on any atom is 0.264 e. The summed E-state index contributed by atoms with van der Waals surface area (Å²) in [6, 6.07) is 12.7. The molecule has 0 radical (unpaired) electrons. The molecule has 1 aliphatic rings. The topological polar surface area (TPSA) is 63.2 Å². The largest absolute Gasteiger partial charge is 0.477 e. The summed E-state index contributed by atoms with van der Waals surface area (Å²) in [6.07, 6.45) is 3.73. The molecule has 1 unspecified atom stereocenters. The molecule has 1 amide bonds. The smallest absolute Gasteiger partial charge is 0.264 e. The summed E-state index contributed by atoms with van der Waals surface area (Å²) >= 11 is 5.96. The first-order valence-electron chi connectivity index (χ1n) is 9.00. The standard InChI is InChI=1S/C20H24ClN3O2/c1-2-17(18-5-3-4-12-23-18)24-19(25)20(10-13-22-14-11-20)26-16-8-6-15(21)7-9-16/h3-9,12,17,22H,2,10-11,13-14H2,1H3,(H,24,25). The monoisotopic (exact) mass is 373 g/mol. The summed E-state index contributed by atoms with van der Waals surface area (Å²) in [5.41, 5.74) is -0.0275. The first-order valence-corrected chi connectivity index (χ1v) is 9.38. The number of amides is 1. The van der Waals surface area contributed by atoms with Crippen molar-refractivity contribution >= 4 is 17.5 Å². The van der Waals surface area contributed by atoms with E-state index < -0.39 is 5.60 Å². The molecular weight excluding hydrogens is 350 g/mol. The number of carbonyl (C=O) groups is 1. The third kappa shape index (κ3) is 4.34. The van der Waals surface area contributed by atoms with Crippen molar-refractivity contribution in [2.24, 2.45) is 0 Å². The van der Waals surface area contributed by atoms with Crippen LogP contribution in [-0.4, -0.2) is 29.6 Å². The van der Waals surface area contributed by atoms with Crippen molar-refractivity contribution in [3.63, 3.8) is 0 Å². The fourth-order valence-electron chi connectivity index (χ4n) is 3.19. The molecule has 138 valence electrons. The van der Waals surface area contributed by atoms with E-state index in [-0.39, 0.29) is 11.9 Å². The van der Waals surface area contributed by atoms with E-state index in [0.29, 0.717) is 23.6 Å². The normalized spacial score (nSPS) is 17.3. The highest BCUT2D eigenvalue weighted by molar-refractivity contribution is 6.30. The number of rotatable bonds is 6. The van der Waals surface area contributed by atoms with Gasteiger partial charge in [0.1, 0.15) is 5.75 Å². The Hall–Kier alpha value is -2.11. The van der Waals surface area contributed by atoms with Gasteiger partial charge in [-0.05, 0) is 55.9 Å². The van der Waals surface area contributed by atoms with Crippen molar-refractivity contribution in [2.75, 3.05) is 13.1 Å². The average Bonchev–Trinajstić information content (AvgIpc) is 2.69. The predicted molar refractivity (Wildman–Crippen MR) is 102 cm³/mol. The van der Waals surface area contributed by atoms with Crippen LogP contribution in [0, 0.1) is 0 Å². The summed E-state index contributed by atoms with van der Waals surface area (Å²) < 4.78 is 6.21. The molecule has 0 spiro atoms. The molecule has 1 aliphatic heterocycles. The Morgan fingerprint density at radius 3 is 2.62 bits per heavy atom. The van der Waals surface area contributed by atoms with E-state index in [2.05, 4.69) is 15.6 Å². The molecule has 0 aliphatic carbocycles. The minimum Gasteiger partial charge on any atom is -0.477 e. The maximum absolute atomic E-state index is 13.2. The Kier molecular flexibility index (Phi) is 6.12. The number of ether oxygens (including phenoxy) is 1. The van der Waals surface area contributed by atoms with E-state index in [1.165, 1.54) is 0 Å². The number of halogens is 1. The van der Waals surface area contributed by atoms with E-state index in [0.717, 1.165) is 25.2 Å². The molecule has 1 aromatic carbocycles. The van der Waals surface area contributed by atoms with Crippen molar-refractivity contribution in [2.45, 2.75) is 37.8 Å². The van der Waals surface area contributed by atoms with Crippen molar-refractivity contribution < 1.29 is 9.53 Å². The molecule has 1 saturated heterocycles.